The molecule has 0 radical (unpaired) electrons. The summed E-state index contributed by atoms with van der Waals surface area (Å²) >= 11 is 12.3. The monoisotopic (exact) mass is 316 g/mol. The number of unbranched alkanes of at least 4 members (excludes halogenated alkanes) is 6. The number of benzene rings is 1. The SMILES string of the molecule is CCCCCCCCCC(NN)c1cccc(Cl)c1Cl. The van der Waals surface area contributed by atoms with Gasteiger partial charge in [-0.25, -0.2) is 0 Å². The van der Waals surface area contributed by atoms with E-state index < -0.39 is 0 Å². The van der Waals surface area contributed by atoms with Crippen molar-refractivity contribution in [2.24, 2.45) is 5.84 Å². The molecule has 2 nitrogen and oxygen atoms in total. The molecule has 1 rings (SSSR count). The molecule has 20 heavy (non-hydrogen) atoms. The average Bonchev–Trinajstić information content (AvgIpc) is 2.46. The van der Waals surface area contributed by atoms with Crippen LogP contribution in [0.4, 0.5) is 0 Å². The van der Waals surface area contributed by atoms with Gasteiger partial charge in [0.2, 0.25) is 0 Å². The fourth-order valence-corrected chi connectivity index (χ4v) is 2.86. The predicted octanol–water partition coefficient (Wildman–Crippen LogP) is 5.64. The Balaban J connectivity index is 2.34. The maximum atomic E-state index is 6.24. The van der Waals surface area contributed by atoms with Crippen molar-refractivity contribution in [2.75, 3.05) is 0 Å². The third-order valence-corrected chi connectivity index (χ3v) is 4.49. The Kier molecular flexibility index (Phi) is 9.28. The van der Waals surface area contributed by atoms with Gasteiger partial charge in [-0.1, -0.05) is 87.2 Å². The van der Waals surface area contributed by atoms with Crippen LogP contribution in [-0.2, 0) is 0 Å². The minimum atomic E-state index is 0.0804. The third kappa shape index (κ3) is 6.01. The van der Waals surface area contributed by atoms with Crippen molar-refractivity contribution in [1.29, 1.82) is 0 Å². The van der Waals surface area contributed by atoms with Crippen LogP contribution in [0.25, 0.3) is 0 Å². The van der Waals surface area contributed by atoms with Crippen LogP contribution < -0.4 is 11.3 Å². The summed E-state index contributed by atoms with van der Waals surface area (Å²) in [5.74, 6) is 5.65. The molecule has 0 saturated heterocycles. The van der Waals surface area contributed by atoms with E-state index in [0.29, 0.717) is 10.0 Å². The fourth-order valence-electron chi connectivity index (χ4n) is 2.42. The van der Waals surface area contributed by atoms with Crippen LogP contribution in [-0.4, -0.2) is 0 Å². The Morgan fingerprint density at radius 1 is 1.05 bits per heavy atom. The maximum absolute atomic E-state index is 6.24. The highest BCUT2D eigenvalue weighted by Gasteiger charge is 2.14. The summed E-state index contributed by atoms with van der Waals surface area (Å²) < 4.78 is 0. The Labute approximate surface area is 133 Å². The molecule has 1 aromatic rings. The van der Waals surface area contributed by atoms with E-state index in [1.54, 1.807) is 6.07 Å². The summed E-state index contributed by atoms with van der Waals surface area (Å²) in [6.45, 7) is 2.24. The first-order valence-electron chi connectivity index (χ1n) is 7.60. The minimum absolute atomic E-state index is 0.0804. The van der Waals surface area contributed by atoms with Crippen LogP contribution >= 0.6 is 23.2 Å². The van der Waals surface area contributed by atoms with Crippen LogP contribution in [0, 0.1) is 0 Å². The van der Waals surface area contributed by atoms with E-state index in [-0.39, 0.29) is 6.04 Å². The Morgan fingerprint density at radius 3 is 2.35 bits per heavy atom. The molecule has 0 spiro atoms. The number of halogens is 2. The summed E-state index contributed by atoms with van der Waals surface area (Å²) in [5.41, 5.74) is 3.85. The van der Waals surface area contributed by atoms with Crippen molar-refractivity contribution in [1.82, 2.24) is 5.43 Å². The fraction of sp³-hybridized carbons (Fsp3) is 0.625. The molecule has 0 amide bonds. The molecule has 0 aliphatic heterocycles. The largest absolute Gasteiger partial charge is 0.271 e. The highest BCUT2D eigenvalue weighted by Crippen LogP contribution is 2.31. The molecular weight excluding hydrogens is 291 g/mol. The van der Waals surface area contributed by atoms with Crippen LogP contribution in [0.15, 0.2) is 18.2 Å². The topological polar surface area (TPSA) is 38.0 Å². The molecule has 3 N–H and O–H groups in total. The zero-order valence-electron chi connectivity index (χ0n) is 12.3. The molecule has 0 saturated carbocycles. The van der Waals surface area contributed by atoms with E-state index in [1.807, 2.05) is 12.1 Å². The minimum Gasteiger partial charge on any atom is -0.271 e. The van der Waals surface area contributed by atoms with E-state index in [4.69, 9.17) is 29.0 Å². The Morgan fingerprint density at radius 2 is 1.70 bits per heavy atom. The summed E-state index contributed by atoms with van der Waals surface area (Å²) in [6.07, 6.45) is 10.0. The average molecular weight is 317 g/mol. The van der Waals surface area contributed by atoms with E-state index in [9.17, 15) is 0 Å². The van der Waals surface area contributed by atoms with E-state index in [2.05, 4.69) is 12.3 Å². The normalized spacial score (nSPS) is 12.6. The van der Waals surface area contributed by atoms with Gasteiger partial charge in [-0.2, -0.15) is 0 Å². The second kappa shape index (κ2) is 10.4. The van der Waals surface area contributed by atoms with Crippen LogP contribution in [0.3, 0.4) is 0 Å². The lowest BCUT2D eigenvalue weighted by molar-refractivity contribution is 0.476. The zero-order valence-corrected chi connectivity index (χ0v) is 13.8. The number of hydrazine groups is 1. The molecule has 114 valence electrons. The lowest BCUT2D eigenvalue weighted by Crippen LogP contribution is -2.28. The highest BCUT2D eigenvalue weighted by molar-refractivity contribution is 6.42. The molecule has 0 aliphatic carbocycles. The van der Waals surface area contributed by atoms with E-state index >= 15 is 0 Å². The highest BCUT2D eigenvalue weighted by atomic mass is 35.5. The van der Waals surface area contributed by atoms with Crippen molar-refractivity contribution < 1.29 is 0 Å². The quantitative estimate of drug-likeness (QED) is 0.333. The van der Waals surface area contributed by atoms with Gasteiger partial charge in [0.1, 0.15) is 0 Å². The summed E-state index contributed by atoms with van der Waals surface area (Å²) in [5, 5.41) is 1.20. The van der Waals surface area contributed by atoms with Crippen LogP contribution in [0.5, 0.6) is 0 Å². The number of rotatable bonds is 10. The van der Waals surface area contributed by atoms with Gasteiger partial charge in [-0.3, -0.25) is 11.3 Å². The van der Waals surface area contributed by atoms with Crippen LogP contribution in [0.2, 0.25) is 10.0 Å². The number of hydrogen-bond acceptors (Lipinski definition) is 2. The first-order chi connectivity index (χ1) is 9.70. The molecule has 0 aliphatic rings. The van der Waals surface area contributed by atoms with Gasteiger partial charge in [0.05, 0.1) is 10.0 Å². The summed E-state index contributed by atoms with van der Waals surface area (Å²) in [4.78, 5) is 0. The van der Waals surface area contributed by atoms with Crippen molar-refractivity contribution in [3.63, 3.8) is 0 Å². The molecule has 0 heterocycles. The van der Waals surface area contributed by atoms with Gasteiger partial charge in [-0.15, -0.1) is 0 Å². The molecule has 1 unspecified atom stereocenters. The Bertz CT molecular complexity index is 383. The summed E-state index contributed by atoms with van der Waals surface area (Å²) in [7, 11) is 0. The van der Waals surface area contributed by atoms with Gasteiger partial charge in [0.25, 0.3) is 0 Å². The molecule has 0 bridgehead atoms. The van der Waals surface area contributed by atoms with E-state index in [1.165, 1.54) is 38.5 Å². The van der Waals surface area contributed by atoms with Crippen molar-refractivity contribution in [3.05, 3.63) is 33.8 Å². The van der Waals surface area contributed by atoms with Crippen molar-refractivity contribution in [3.8, 4) is 0 Å². The Hall–Kier alpha value is -0.280. The zero-order chi connectivity index (χ0) is 14.8. The summed E-state index contributed by atoms with van der Waals surface area (Å²) in [6, 6.07) is 5.78. The molecule has 0 aromatic heterocycles. The second-order valence-electron chi connectivity index (χ2n) is 5.27. The maximum Gasteiger partial charge on any atom is 0.0640 e. The number of nitrogens with one attached hydrogen (secondary N) is 1. The number of nitrogens with two attached hydrogens (primary N) is 1. The van der Waals surface area contributed by atoms with Crippen LogP contribution in [0.1, 0.15) is 69.9 Å². The first-order valence-corrected chi connectivity index (χ1v) is 8.36. The van der Waals surface area contributed by atoms with Gasteiger partial charge in [0, 0.05) is 6.04 Å². The standard InChI is InChI=1S/C16H26Cl2N2/c1-2-3-4-5-6-7-8-12-15(20-19)13-10-9-11-14(17)16(13)18/h9-11,15,20H,2-8,12,19H2,1H3. The number of hydrogen-bond donors (Lipinski definition) is 2. The molecular formula is C16H26Cl2N2. The second-order valence-corrected chi connectivity index (χ2v) is 6.06. The van der Waals surface area contributed by atoms with Gasteiger partial charge >= 0.3 is 0 Å². The van der Waals surface area contributed by atoms with Crippen molar-refractivity contribution in [2.45, 2.75) is 64.3 Å². The van der Waals surface area contributed by atoms with Crippen molar-refractivity contribution >= 4 is 23.2 Å². The van der Waals surface area contributed by atoms with Gasteiger partial charge in [-0.05, 0) is 18.1 Å². The smallest absolute Gasteiger partial charge is 0.0640 e. The molecule has 1 atom stereocenters. The third-order valence-electron chi connectivity index (χ3n) is 3.65. The predicted molar refractivity (Wildman–Crippen MR) is 89.1 cm³/mol. The van der Waals surface area contributed by atoms with E-state index in [0.717, 1.165) is 18.4 Å². The lowest BCUT2D eigenvalue weighted by atomic mass is 10.00. The molecule has 4 heteroatoms. The van der Waals surface area contributed by atoms with Gasteiger partial charge in [0.15, 0.2) is 0 Å². The molecule has 1 aromatic carbocycles. The van der Waals surface area contributed by atoms with Gasteiger partial charge < -0.3 is 0 Å². The lowest BCUT2D eigenvalue weighted by Gasteiger charge is -2.18. The molecule has 0 fully saturated rings. The first kappa shape index (κ1) is 17.8.